The lowest BCUT2D eigenvalue weighted by molar-refractivity contribution is 0.287. The van der Waals surface area contributed by atoms with E-state index in [-0.39, 0.29) is 18.9 Å². The lowest BCUT2D eigenvalue weighted by Gasteiger charge is -2.03. The number of aliphatic hydroxyl groups is 1. The molecule has 0 atom stereocenters. The molecule has 86 valence electrons. The maximum atomic E-state index is 11.3. The highest BCUT2D eigenvalue weighted by molar-refractivity contribution is 7.89. The standard InChI is InChI=1S/C7H13N3O4S/c11-3-1-2-4-15(12,13)9-5-7-8-6-14-10-7/h6,9,11H,1-5H2. The summed E-state index contributed by atoms with van der Waals surface area (Å²) in [6.07, 6.45) is 2.04. The number of rotatable bonds is 7. The fraction of sp³-hybridized carbons (Fsp3) is 0.714. The zero-order valence-corrected chi connectivity index (χ0v) is 8.90. The van der Waals surface area contributed by atoms with E-state index < -0.39 is 10.0 Å². The van der Waals surface area contributed by atoms with Gasteiger partial charge in [-0.1, -0.05) is 5.16 Å². The van der Waals surface area contributed by atoms with Crippen LogP contribution in [0.25, 0.3) is 0 Å². The predicted molar refractivity (Wildman–Crippen MR) is 51.2 cm³/mol. The van der Waals surface area contributed by atoms with Crippen LogP contribution in [0.15, 0.2) is 10.9 Å². The van der Waals surface area contributed by atoms with Gasteiger partial charge in [0, 0.05) is 6.61 Å². The van der Waals surface area contributed by atoms with E-state index in [1.165, 1.54) is 0 Å². The molecule has 0 spiro atoms. The van der Waals surface area contributed by atoms with Crippen LogP contribution in [0.3, 0.4) is 0 Å². The van der Waals surface area contributed by atoms with E-state index in [4.69, 9.17) is 5.11 Å². The molecule has 0 fully saturated rings. The van der Waals surface area contributed by atoms with Crippen molar-refractivity contribution >= 4 is 10.0 Å². The highest BCUT2D eigenvalue weighted by atomic mass is 32.2. The lowest BCUT2D eigenvalue weighted by atomic mass is 10.4. The molecule has 1 aromatic rings. The van der Waals surface area contributed by atoms with Crippen molar-refractivity contribution in [1.82, 2.24) is 14.9 Å². The van der Waals surface area contributed by atoms with Gasteiger partial charge >= 0.3 is 0 Å². The maximum Gasteiger partial charge on any atom is 0.213 e. The number of hydrogen-bond acceptors (Lipinski definition) is 6. The van der Waals surface area contributed by atoms with Crippen molar-refractivity contribution in [2.24, 2.45) is 0 Å². The van der Waals surface area contributed by atoms with Crippen molar-refractivity contribution < 1.29 is 18.0 Å². The molecule has 1 heterocycles. The fourth-order valence-corrected chi connectivity index (χ4v) is 2.00. The molecule has 0 amide bonds. The second kappa shape index (κ2) is 5.79. The molecule has 0 saturated heterocycles. The zero-order chi connectivity index (χ0) is 11.1. The third-order valence-electron chi connectivity index (χ3n) is 1.68. The Labute approximate surface area is 87.5 Å². The molecule has 8 heteroatoms. The molecule has 2 N–H and O–H groups in total. The van der Waals surface area contributed by atoms with Gasteiger partial charge in [0.05, 0.1) is 12.3 Å². The maximum absolute atomic E-state index is 11.3. The monoisotopic (exact) mass is 235 g/mol. The molecule has 7 nitrogen and oxygen atoms in total. The van der Waals surface area contributed by atoms with E-state index in [0.717, 1.165) is 6.39 Å². The third-order valence-corrected chi connectivity index (χ3v) is 3.09. The van der Waals surface area contributed by atoms with Crippen molar-refractivity contribution in [3.8, 4) is 0 Å². The van der Waals surface area contributed by atoms with Crippen molar-refractivity contribution in [2.75, 3.05) is 12.4 Å². The summed E-state index contributed by atoms with van der Waals surface area (Å²) in [4.78, 5) is 3.67. The largest absolute Gasteiger partial charge is 0.396 e. The van der Waals surface area contributed by atoms with Gasteiger partial charge in [-0.25, -0.2) is 13.1 Å². The van der Waals surface area contributed by atoms with E-state index in [0.29, 0.717) is 18.7 Å². The van der Waals surface area contributed by atoms with Crippen LogP contribution in [-0.4, -0.2) is 36.0 Å². The molecule has 15 heavy (non-hydrogen) atoms. The summed E-state index contributed by atoms with van der Waals surface area (Å²) in [7, 11) is -3.31. The summed E-state index contributed by atoms with van der Waals surface area (Å²) < 4.78 is 29.4. The Morgan fingerprint density at radius 2 is 2.27 bits per heavy atom. The molecule has 0 aliphatic carbocycles. The quantitative estimate of drug-likeness (QED) is 0.603. The van der Waals surface area contributed by atoms with Crippen LogP contribution < -0.4 is 4.72 Å². The Kier molecular flexibility index (Phi) is 4.66. The van der Waals surface area contributed by atoms with Crippen LogP contribution in [0.2, 0.25) is 0 Å². The molecule has 0 radical (unpaired) electrons. The van der Waals surface area contributed by atoms with Crippen LogP contribution in [0.4, 0.5) is 0 Å². The second-order valence-corrected chi connectivity index (χ2v) is 4.84. The zero-order valence-electron chi connectivity index (χ0n) is 8.09. The average Bonchev–Trinajstić information content (AvgIpc) is 2.68. The number of aliphatic hydroxyl groups excluding tert-OH is 1. The molecule has 0 bridgehead atoms. The average molecular weight is 235 g/mol. The lowest BCUT2D eigenvalue weighted by Crippen LogP contribution is -2.26. The molecule has 0 saturated carbocycles. The minimum atomic E-state index is -3.31. The minimum absolute atomic E-state index is 0.000359. The Hall–Kier alpha value is -0.990. The van der Waals surface area contributed by atoms with E-state index in [1.54, 1.807) is 0 Å². The molecule has 0 aliphatic heterocycles. The number of nitrogens with zero attached hydrogens (tertiary/aromatic N) is 2. The van der Waals surface area contributed by atoms with Crippen molar-refractivity contribution in [3.05, 3.63) is 12.2 Å². The summed E-state index contributed by atoms with van der Waals surface area (Å²) in [6.45, 7) is 0.0261. The Morgan fingerprint density at radius 1 is 1.47 bits per heavy atom. The van der Waals surface area contributed by atoms with E-state index in [2.05, 4.69) is 19.4 Å². The van der Waals surface area contributed by atoms with Crippen molar-refractivity contribution in [2.45, 2.75) is 19.4 Å². The van der Waals surface area contributed by atoms with Gasteiger partial charge < -0.3 is 9.63 Å². The number of sulfonamides is 1. The van der Waals surface area contributed by atoms with Gasteiger partial charge in [0.25, 0.3) is 0 Å². The smallest absolute Gasteiger partial charge is 0.213 e. The molecule has 1 aromatic heterocycles. The first kappa shape index (κ1) is 12.1. The van der Waals surface area contributed by atoms with Gasteiger partial charge in [-0.15, -0.1) is 0 Å². The van der Waals surface area contributed by atoms with Crippen LogP contribution in [0, 0.1) is 0 Å². The van der Waals surface area contributed by atoms with Gasteiger partial charge in [-0.05, 0) is 12.8 Å². The molecular weight excluding hydrogens is 222 g/mol. The molecule has 0 unspecified atom stereocenters. The van der Waals surface area contributed by atoms with Gasteiger partial charge in [0.2, 0.25) is 16.4 Å². The predicted octanol–water partition coefficient (Wildman–Crippen LogP) is -0.739. The first-order chi connectivity index (χ1) is 7.14. The Bertz CT molecular complexity index is 362. The van der Waals surface area contributed by atoms with Crippen LogP contribution >= 0.6 is 0 Å². The van der Waals surface area contributed by atoms with Crippen molar-refractivity contribution in [1.29, 1.82) is 0 Å². The highest BCUT2D eigenvalue weighted by Crippen LogP contribution is 1.95. The van der Waals surface area contributed by atoms with E-state index in [9.17, 15) is 8.42 Å². The molecule has 0 aliphatic rings. The molecule has 1 rings (SSSR count). The number of nitrogens with one attached hydrogen (secondary N) is 1. The first-order valence-electron chi connectivity index (χ1n) is 4.47. The summed E-state index contributed by atoms with van der Waals surface area (Å²) >= 11 is 0. The highest BCUT2D eigenvalue weighted by Gasteiger charge is 2.10. The van der Waals surface area contributed by atoms with Gasteiger partial charge in [0.15, 0.2) is 5.82 Å². The summed E-state index contributed by atoms with van der Waals surface area (Å²) in [5.41, 5.74) is 0. The SMILES string of the molecule is O=S(=O)(CCCCO)NCc1ncon1. The number of unbranched alkanes of at least 4 members (excludes halogenated alkanes) is 1. The summed E-state index contributed by atoms with van der Waals surface area (Å²) in [6, 6.07) is 0. The second-order valence-electron chi connectivity index (χ2n) is 2.92. The van der Waals surface area contributed by atoms with Crippen LogP contribution in [-0.2, 0) is 16.6 Å². The topological polar surface area (TPSA) is 105 Å². The minimum Gasteiger partial charge on any atom is -0.396 e. The van der Waals surface area contributed by atoms with E-state index >= 15 is 0 Å². The number of aromatic nitrogens is 2. The molecular formula is C7H13N3O4S. The Balaban J connectivity index is 2.30. The van der Waals surface area contributed by atoms with Gasteiger partial charge in [-0.3, -0.25) is 0 Å². The third kappa shape index (κ3) is 4.86. The van der Waals surface area contributed by atoms with E-state index in [1.807, 2.05) is 0 Å². The first-order valence-corrected chi connectivity index (χ1v) is 6.13. The summed E-state index contributed by atoms with van der Waals surface area (Å²) in [5.74, 6) is 0.284. The fourth-order valence-electron chi connectivity index (χ4n) is 0.921. The number of hydrogen-bond donors (Lipinski definition) is 2. The van der Waals surface area contributed by atoms with Crippen LogP contribution in [0.1, 0.15) is 18.7 Å². The summed E-state index contributed by atoms with van der Waals surface area (Å²) in [5, 5.41) is 12.0. The Morgan fingerprint density at radius 3 is 2.87 bits per heavy atom. The normalized spacial score (nSPS) is 11.8. The molecule has 0 aromatic carbocycles. The van der Waals surface area contributed by atoms with Gasteiger partial charge in [0.1, 0.15) is 0 Å². The van der Waals surface area contributed by atoms with Gasteiger partial charge in [-0.2, -0.15) is 4.98 Å². The van der Waals surface area contributed by atoms with Crippen LogP contribution in [0.5, 0.6) is 0 Å². The van der Waals surface area contributed by atoms with Crippen molar-refractivity contribution in [3.63, 3.8) is 0 Å².